The van der Waals surface area contributed by atoms with Crippen LogP contribution in [0, 0.1) is 0 Å². The Kier molecular flexibility index (Phi) is 5.11. The second kappa shape index (κ2) is 5.12. The Morgan fingerprint density at radius 2 is 2.50 bits per heavy atom. The van der Waals surface area contributed by atoms with Crippen molar-refractivity contribution in [3.8, 4) is 0 Å². The number of hydrogen-bond donors (Lipinski definition) is 2. The summed E-state index contributed by atoms with van der Waals surface area (Å²) < 4.78 is 13.8. The molecule has 0 bridgehead atoms. The predicted octanol–water partition coefficient (Wildman–Crippen LogP) is -0.471. The van der Waals surface area contributed by atoms with Gasteiger partial charge in [-0.05, 0) is 0 Å². The van der Waals surface area contributed by atoms with Crippen LogP contribution in [-0.4, -0.2) is 24.4 Å². The molecule has 0 aliphatic heterocycles. The van der Waals surface area contributed by atoms with Crippen LogP contribution in [0.25, 0.3) is 0 Å². The van der Waals surface area contributed by atoms with Crippen molar-refractivity contribution in [2.45, 2.75) is 6.10 Å². The van der Waals surface area contributed by atoms with Gasteiger partial charge in [0.25, 0.3) is 0 Å². The molecule has 0 heterocycles. The molecule has 0 radical (unpaired) electrons. The van der Waals surface area contributed by atoms with Crippen LogP contribution in [-0.2, 0) is 9.09 Å². The lowest BCUT2D eigenvalue weighted by molar-refractivity contribution is 0.121. The Morgan fingerprint density at radius 3 is 2.88 bits per heavy atom. The zero-order valence-electron chi connectivity index (χ0n) is 4.28. The van der Waals surface area contributed by atoms with E-state index in [4.69, 9.17) is 10.8 Å². The first-order valence-corrected chi connectivity index (χ1v) is 2.87. The van der Waals surface area contributed by atoms with Gasteiger partial charge in [-0.3, -0.25) is 4.52 Å². The molecule has 0 spiro atoms. The predicted molar refractivity (Wildman–Crippen MR) is 28.6 cm³/mol. The van der Waals surface area contributed by atoms with Crippen molar-refractivity contribution in [3.05, 3.63) is 0 Å². The molecule has 0 aromatic carbocycles. The van der Waals surface area contributed by atoms with E-state index in [0.717, 1.165) is 0 Å². The molecule has 0 aromatic heterocycles. The van der Waals surface area contributed by atoms with Gasteiger partial charge in [0.2, 0.25) is 0 Å². The first kappa shape index (κ1) is 7.98. The monoisotopic (exact) mass is 137 g/mol. The standard InChI is InChI=1S/C3H8NO3P/c4-1-3(5)2-7-8-6/h3,5H,1-2,4H2/t3-/m0/s1. The van der Waals surface area contributed by atoms with Crippen LogP contribution in [0.2, 0.25) is 0 Å². The smallest absolute Gasteiger partial charge is 0.327 e. The molecule has 0 rings (SSSR count). The third-order valence-electron chi connectivity index (χ3n) is 0.592. The van der Waals surface area contributed by atoms with Gasteiger partial charge >= 0.3 is 8.69 Å². The fraction of sp³-hybridized carbons (Fsp3) is 1.00. The second-order valence-corrected chi connectivity index (χ2v) is 1.67. The first-order valence-electron chi connectivity index (χ1n) is 2.14. The molecule has 5 heteroatoms. The summed E-state index contributed by atoms with van der Waals surface area (Å²) in [5.74, 6) is 0. The van der Waals surface area contributed by atoms with Crippen molar-refractivity contribution in [3.63, 3.8) is 0 Å². The largest absolute Gasteiger partial charge is 0.389 e. The van der Waals surface area contributed by atoms with Gasteiger partial charge in [0.1, 0.15) is 0 Å². The highest BCUT2D eigenvalue weighted by molar-refractivity contribution is 7.17. The molecule has 0 saturated carbocycles. The highest BCUT2D eigenvalue weighted by Crippen LogP contribution is 1.94. The van der Waals surface area contributed by atoms with Gasteiger partial charge in [0.15, 0.2) is 0 Å². The van der Waals surface area contributed by atoms with Crippen molar-refractivity contribution in [1.29, 1.82) is 0 Å². The maximum Gasteiger partial charge on any atom is 0.327 e. The van der Waals surface area contributed by atoms with Crippen LogP contribution in [0.15, 0.2) is 0 Å². The lowest BCUT2D eigenvalue weighted by atomic mass is 10.4. The lowest BCUT2D eigenvalue weighted by Crippen LogP contribution is -2.23. The molecule has 8 heavy (non-hydrogen) atoms. The van der Waals surface area contributed by atoms with E-state index in [1.165, 1.54) is 0 Å². The number of aliphatic hydroxyl groups is 1. The Bertz CT molecular complexity index is 69.5. The maximum atomic E-state index is 9.55. The first-order chi connectivity index (χ1) is 3.81. The van der Waals surface area contributed by atoms with Crippen molar-refractivity contribution < 1.29 is 14.2 Å². The average Bonchev–Trinajstić information content (AvgIpc) is 1.83. The summed E-state index contributed by atoms with van der Waals surface area (Å²) in [4.78, 5) is 0. The van der Waals surface area contributed by atoms with Crippen LogP contribution in [0.3, 0.4) is 0 Å². The molecule has 0 unspecified atom stereocenters. The third-order valence-corrected chi connectivity index (χ3v) is 0.846. The van der Waals surface area contributed by atoms with Gasteiger partial charge in [0, 0.05) is 6.54 Å². The third kappa shape index (κ3) is 4.15. The minimum atomic E-state index is -0.698. The quantitative estimate of drug-likeness (QED) is 0.514. The highest BCUT2D eigenvalue weighted by Gasteiger charge is 1.98. The molecule has 3 N–H and O–H groups in total. The number of nitrogens with two attached hydrogens (primary N) is 1. The number of hydrogen-bond acceptors (Lipinski definition) is 4. The summed E-state index contributed by atoms with van der Waals surface area (Å²) in [5.41, 5.74) is 4.98. The zero-order valence-corrected chi connectivity index (χ0v) is 5.17. The van der Waals surface area contributed by atoms with Gasteiger partial charge in [-0.15, -0.1) is 0 Å². The van der Waals surface area contributed by atoms with Crippen LogP contribution in [0.4, 0.5) is 0 Å². The number of rotatable bonds is 4. The van der Waals surface area contributed by atoms with E-state index in [2.05, 4.69) is 4.52 Å². The Labute approximate surface area is 48.9 Å². The Morgan fingerprint density at radius 1 is 1.88 bits per heavy atom. The maximum absolute atomic E-state index is 9.55. The minimum Gasteiger partial charge on any atom is -0.389 e. The molecule has 0 aliphatic carbocycles. The fourth-order valence-electron chi connectivity index (χ4n) is 0.185. The average molecular weight is 137 g/mol. The van der Waals surface area contributed by atoms with E-state index in [0.29, 0.717) is 0 Å². The summed E-state index contributed by atoms with van der Waals surface area (Å²) >= 11 is 0. The Balaban J connectivity index is 2.97. The van der Waals surface area contributed by atoms with E-state index in [-0.39, 0.29) is 13.2 Å². The molecule has 48 valence electrons. The Hall–Kier alpha value is -0.0200. The molecule has 0 amide bonds. The SMILES string of the molecule is NC[C@H](O)COP=O. The summed E-state index contributed by atoms with van der Waals surface area (Å²) in [6.45, 7) is 0.164. The molecular formula is C3H8NO3P. The summed E-state index contributed by atoms with van der Waals surface area (Å²) in [6.07, 6.45) is -0.698. The van der Waals surface area contributed by atoms with Crippen LogP contribution >= 0.6 is 8.69 Å². The molecule has 1 atom stereocenters. The molecule has 0 saturated heterocycles. The van der Waals surface area contributed by atoms with Crippen molar-refractivity contribution in [2.75, 3.05) is 13.2 Å². The molecule has 0 aliphatic rings. The lowest BCUT2D eigenvalue weighted by Gasteiger charge is -2.01. The minimum absolute atomic E-state index is 0.0293. The zero-order chi connectivity index (χ0) is 6.41. The van der Waals surface area contributed by atoms with E-state index < -0.39 is 14.8 Å². The molecule has 0 fully saturated rings. The van der Waals surface area contributed by atoms with Gasteiger partial charge in [-0.25, -0.2) is 4.57 Å². The van der Waals surface area contributed by atoms with Gasteiger partial charge in [0.05, 0.1) is 12.7 Å². The van der Waals surface area contributed by atoms with Gasteiger partial charge < -0.3 is 10.8 Å². The summed E-state index contributed by atoms with van der Waals surface area (Å²) in [5, 5.41) is 8.60. The molecule has 4 nitrogen and oxygen atoms in total. The van der Waals surface area contributed by atoms with Crippen molar-refractivity contribution in [2.24, 2.45) is 5.73 Å². The number of aliphatic hydroxyl groups excluding tert-OH is 1. The highest BCUT2D eigenvalue weighted by atomic mass is 31.1. The van der Waals surface area contributed by atoms with Crippen LogP contribution in [0.5, 0.6) is 0 Å². The fourth-order valence-corrected chi connectivity index (χ4v) is 0.417. The second-order valence-electron chi connectivity index (χ2n) is 1.26. The van der Waals surface area contributed by atoms with Crippen LogP contribution in [0.1, 0.15) is 0 Å². The summed E-state index contributed by atoms with van der Waals surface area (Å²) in [6, 6.07) is 0. The van der Waals surface area contributed by atoms with Gasteiger partial charge in [-0.2, -0.15) is 0 Å². The van der Waals surface area contributed by atoms with Gasteiger partial charge in [-0.1, -0.05) is 0 Å². The normalized spacial score (nSPS) is 14.2. The molecular weight excluding hydrogens is 129 g/mol. The molecule has 0 aromatic rings. The van der Waals surface area contributed by atoms with E-state index >= 15 is 0 Å². The van der Waals surface area contributed by atoms with E-state index in [1.54, 1.807) is 0 Å². The van der Waals surface area contributed by atoms with Crippen molar-refractivity contribution in [1.82, 2.24) is 0 Å². The van der Waals surface area contributed by atoms with E-state index in [1.807, 2.05) is 0 Å². The van der Waals surface area contributed by atoms with E-state index in [9.17, 15) is 4.57 Å². The topological polar surface area (TPSA) is 72.6 Å². The summed E-state index contributed by atoms with van der Waals surface area (Å²) in [7, 11) is -0.416. The van der Waals surface area contributed by atoms with Crippen LogP contribution < -0.4 is 5.73 Å². The van der Waals surface area contributed by atoms with Crippen molar-refractivity contribution >= 4 is 8.69 Å².